The molecule has 2 heterocycles. The Morgan fingerprint density at radius 2 is 1.82 bits per heavy atom. The van der Waals surface area contributed by atoms with Crippen molar-refractivity contribution >= 4 is 41.2 Å². The number of benzene rings is 2. The number of aromatic nitrogens is 1. The van der Waals surface area contributed by atoms with E-state index in [-0.39, 0.29) is 6.04 Å². The van der Waals surface area contributed by atoms with Gasteiger partial charge in [0.15, 0.2) is 0 Å². The Bertz CT molecular complexity index is 1100. The highest BCUT2D eigenvalue weighted by molar-refractivity contribution is 6.35. The van der Waals surface area contributed by atoms with Crippen LogP contribution < -0.4 is 4.74 Å². The van der Waals surface area contributed by atoms with Gasteiger partial charge in [-0.05, 0) is 53.1 Å². The Morgan fingerprint density at radius 1 is 1.00 bits per heavy atom. The van der Waals surface area contributed by atoms with Gasteiger partial charge in [-0.15, -0.1) is 0 Å². The lowest BCUT2D eigenvalue weighted by atomic mass is 10.0. The van der Waals surface area contributed by atoms with E-state index < -0.39 is 0 Å². The third-order valence-corrected chi connectivity index (χ3v) is 6.68. The van der Waals surface area contributed by atoms with E-state index in [1.807, 2.05) is 47.4 Å². The lowest BCUT2D eigenvalue weighted by molar-refractivity contribution is -0.123. The summed E-state index contributed by atoms with van der Waals surface area (Å²) in [5, 5.41) is 1.75. The molecule has 4 rings (SSSR count). The lowest BCUT2D eigenvalue weighted by Crippen LogP contribution is -2.47. The minimum atomic E-state index is -0.0802. The van der Waals surface area contributed by atoms with Crippen molar-refractivity contribution in [2.24, 2.45) is 0 Å². The first-order valence-corrected chi connectivity index (χ1v) is 11.9. The molecule has 1 aliphatic rings. The number of hydrogen-bond donors (Lipinski definition) is 0. The van der Waals surface area contributed by atoms with Gasteiger partial charge >= 0.3 is 0 Å². The first-order chi connectivity index (χ1) is 16.0. The predicted molar refractivity (Wildman–Crippen MR) is 132 cm³/mol. The average molecular weight is 505 g/mol. The molecule has 2 aromatic carbocycles. The van der Waals surface area contributed by atoms with Gasteiger partial charge in [0, 0.05) is 55.0 Å². The molecule has 0 saturated carbocycles. The van der Waals surface area contributed by atoms with E-state index in [0.717, 1.165) is 37.2 Å². The van der Waals surface area contributed by atoms with Crippen LogP contribution in [-0.2, 0) is 17.8 Å². The Morgan fingerprint density at radius 3 is 2.58 bits per heavy atom. The van der Waals surface area contributed by atoms with Gasteiger partial charge in [-0.2, -0.15) is 0 Å². The van der Waals surface area contributed by atoms with Crippen LogP contribution in [0, 0.1) is 0 Å². The molecule has 5 nitrogen and oxygen atoms in total. The second kappa shape index (κ2) is 11.2. The molecule has 172 valence electrons. The third kappa shape index (κ3) is 6.18. The van der Waals surface area contributed by atoms with E-state index in [0.29, 0.717) is 40.4 Å². The minimum absolute atomic E-state index is 0.0802. The van der Waals surface area contributed by atoms with Crippen molar-refractivity contribution in [3.8, 4) is 5.75 Å². The molecule has 0 aliphatic carbocycles. The first kappa shape index (κ1) is 23.8. The Kier molecular flexibility index (Phi) is 8.10. The van der Waals surface area contributed by atoms with Gasteiger partial charge in [0.2, 0.25) is 6.41 Å². The molecule has 1 aliphatic heterocycles. The highest BCUT2D eigenvalue weighted by Crippen LogP contribution is 2.32. The first-order valence-electron chi connectivity index (χ1n) is 10.7. The fraction of sp³-hybridized carbons (Fsp3) is 0.280. The van der Waals surface area contributed by atoms with Crippen molar-refractivity contribution in [2.45, 2.75) is 19.0 Å². The number of piperazine rings is 1. The fourth-order valence-electron chi connectivity index (χ4n) is 4.00. The molecule has 1 aromatic heterocycles. The summed E-state index contributed by atoms with van der Waals surface area (Å²) >= 11 is 18.6. The highest BCUT2D eigenvalue weighted by atomic mass is 35.5. The number of ether oxygens (including phenoxy) is 1. The van der Waals surface area contributed by atoms with Gasteiger partial charge in [-0.1, -0.05) is 46.9 Å². The van der Waals surface area contributed by atoms with Crippen LogP contribution in [0.4, 0.5) is 0 Å². The molecule has 3 aromatic rings. The number of halogens is 3. The molecule has 0 spiro atoms. The van der Waals surface area contributed by atoms with E-state index in [9.17, 15) is 4.79 Å². The van der Waals surface area contributed by atoms with E-state index in [2.05, 4.69) is 9.88 Å². The SMILES string of the molecule is O=CN1CCN(Cc2ccncc2)CC1c1ccc(Cl)c(OCCc2ccc(Cl)cc2Cl)c1. The second-order valence-electron chi connectivity index (χ2n) is 7.97. The van der Waals surface area contributed by atoms with Gasteiger partial charge in [0.1, 0.15) is 5.75 Å². The summed E-state index contributed by atoms with van der Waals surface area (Å²) in [4.78, 5) is 20.0. The number of pyridine rings is 1. The molecule has 0 radical (unpaired) electrons. The summed E-state index contributed by atoms with van der Waals surface area (Å²) in [5.74, 6) is 0.594. The minimum Gasteiger partial charge on any atom is -0.492 e. The molecular formula is C25H24Cl3N3O2. The van der Waals surface area contributed by atoms with Crippen LogP contribution >= 0.6 is 34.8 Å². The monoisotopic (exact) mass is 503 g/mol. The van der Waals surface area contributed by atoms with Crippen molar-refractivity contribution in [2.75, 3.05) is 26.2 Å². The van der Waals surface area contributed by atoms with Crippen LogP contribution in [0.5, 0.6) is 5.75 Å². The van der Waals surface area contributed by atoms with E-state index in [1.165, 1.54) is 5.56 Å². The normalized spacial score (nSPS) is 16.6. The van der Waals surface area contributed by atoms with Crippen LogP contribution in [0.15, 0.2) is 60.9 Å². The molecular weight excluding hydrogens is 481 g/mol. The largest absolute Gasteiger partial charge is 0.492 e. The van der Waals surface area contributed by atoms with Crippen molar-refractivity contribution < 1.29 is 9.53 Å². The summed E-state index contributed by atoms with van der Waals surface area (Å²) in [6.45, 7) is 3.43. The van der Waals surface area contributed by atoms with E-state index >= 15 is 0 Å². The predicted octanol–water partition coefficient (Wildman–Crippen LogP) is 5.68. The van der Waals surface area contributed by atoms with Crippen LogP contribution in [0.2, 0.25) is 15.1 Å². The number of rotatable bonds is 8. The fourth-order valence-corrected chi connectivity index (χ4v) is 4.67. The Balaban J connectivity index is 1.45. The molecule has 1 unspecified atom stereocenters. The van der Waals surface area contributed by atoms with Crippen LogP contribution in [0.1, 0.15) is 22.7 Å². The zero-order valence-electron chi connectivity index (χ0n) is 18.0. The van der Waals surface area contributed by atoms with Crippen LogP contribution in [0.25, 0.3) is 0 Å². The van der Waals surface area contributed by atoms with Gasteiger partial charge in [0.05, 0.1) is 17.7 Å². The molecule has 1 saturated heterocycles. The molecule has 8 heteroatoms. The number of nitrogens with zero attached hydrogens (tertiary/aromatic N) is 3. The van der Waals surface area contributed by atoms with Crippen molar-refractivity contribution in [3.63, 3.8) is 0 Å². The van der Waals surface area contributed by atoms with Gasteiger partial charge in [-0.3, -0.25) is 14.7 Å². The summed E-state index contributed by atoms with van der Waals surface area (Å²) < 4.78 is 6.00. The molecule has 1 fully saturated rings. The molecule has 0 N–H and O–H groups in total. The molecule has 33 heavy (non-hydrogen) atoms. The summed E-state index contributed by atoms with van der Waals surface area (Å²) in [6.07, 6.45) is 5.15. The maximum absolute atomic E-state index is 11.8. The Hall–Kier alpha value is -2.31. The van der Waals surface area contributed by atoms with E-state index in [1.54, 1.807) is 18.5 Å². The summed E-state index contributed by atoms with van der Waals surface area (Å²) in [5.41, 5.74) is 3.15. The summed E-state index contributed by atoms with van der Waals surface area (Å²) in [7, 11) is 0. The molecule has 1 atom stereocenters. The number of carbonyl (C=O) groups is 1. The van der Waals surface area contributed by atoms with Crippen LogP contribution in [0.3, 0.4) is 0 Å². The van der Waals surface area contributed by atoms with Gasteiger partial charge in [-0.25, -0.2) is 0 Å². The third-order valence-electron chi connectivity index (χ3n) is 5.78. The smallest absolute Gasteiger partial charge is 0.210 e. The number of carbonyl (C=O) groups excluding carboxylic acids is 1. The summed E-state index contributed by atoms with van der Waals surface area (Å²) in [6, 6.07) is 15.1. The van der Waals surface area contributed by atoms with Gasteiger partial charge in [0.25, 0.3) is 0 Å². The van der Waals surface area contributed by atoms with Gasteiger partial charge < -0.3 is 9.64 Å². The quantitative estimate of drug-likeness (QED) is 0.370. The van der Waals surface area contributed by atoms with E-state index in [4.69, 9.17) is 39.5 Å². The Labute approximate surface area is 208 Å². The standard InChI is InChI=1S/C25H24Cl3N3O2/c26-21-3-1-19(23(28)14-21)7-12-33-25-13-20(2-4-22(25)27)24-16-30(10-11-31(24)17-32)15-18-5-8-29-9-6-18/h1-6,8-9,13-14,17,24H,7,10-12,15-16H2. The molecule has 1 amide bonds. The lowest BCUT2D eigenvalue weighted by Gasteiger charge is -2.40. The topological polar surface area (TPSA) is 45.7 Å². The second-order valence-corrected chi connectivity index (χ2v) is 9.22. The average Bonchev–Trinajstić information content (AvgIpc) is 2.82. The highest BCUT2D eigenvalue weighted by Gasteiger charge is 2.28. The maximum atomic E-state index is 11.8. The van der Waals surface area contributed by atoms with Crippen molar-refractivity contribution in [3.05, 3.63) is 92.7 Å². The zero-order valence-corrected chi connectivity index (χ0v) is 20.2. The van der Waals surface area contributed by atoms with Crippen molar-refractivity contribution in [1.29, 1.82) is 0 Å². The number of hydrogen-bond acceptors (Lipinski definition) is 4. The number of amides is 1. The zero-order chi connectivity index (χ0) is 23.2. The maximum Gasteiger partial charge on any atom is 0.210 e. The van der Waals surface area contributed by atoms with Crippen LogP contribution in [-0.4, -0.2) is 47.4 Å². The molecule has 0 bridgehead atoms. The van der Waals surface area contributed by atoms with Crippen molar-refractivity contribution in [1.82, 2.24) is 14.8 Å².